The molecule has 0 atom stereocenters. The van der Waals surface area contributed by atoms with Crippen LogP contribution in [0.4, 0.5) is 10.3 Å². The number of aliphatic imine (C=N–C) groups is 1. The Hall–Kier alpha value is -3.75. The Morgan fingerprint density at radius 3 is 2.58 bits per heavy atom. The summed E-state index contributed by atoms with van der Waals surface area (Å²) in [5.41, 5.74) is 0.800. The fraction of sp³-hybridized carbons (Fsp3) is 0.273. The van der Waals surface area contributed by atoms with E-state index in [0.29, 0.717) is 12.3 Å². The quantitative estimate of drug-likeness (QED) is 0.501. The van der Waals surface area contributed by atoms with Crippen LogP contribution in [0.1, 0.15) is 5.56 Å². The van der Waals surface area contributed by atoms with Crippen molar-refractivity contribution in [3.63, 3.8) is 0 Å². The summed E-state index contributed by atoms with van der Waals surface area (Å²) in [4.78, 5) is 21.3. The number of aromatic nitrogens is 3. The number of hydrogen-bond donors (Lipinski definition) is 1. The molecule has 0 radical (unpaired) electrons. The van der Waals surface area contributed by atoms with E-state index in [4.69, 9.17) is 4.74 Å². The molecule has 1 N–H and O–H groups in total. The number of piperazine rings is 1. The maximum Gasteiger partial charge on any atom is 0.225 e. The van der Waals surface area contributed by atoms with Gasteiger partial charge in [0.2, 0.25) is 5.95 Å². The molecule has 0 aliphatic carbocycles. The summed E-state index contributed by atoms with van der Waals surface area (Å²) >= 11 is 0. The molecule has 3 heterocycles. The molecule has 3 aromatic rings. The van der Waals surface area contributed by atoms with E-state index in [1.54, 1.807) is 50.0 Å². The number of nitrogens with one attached hydrogen (secondary N) is 1. The molecule has 0 bridgehead atoms. The monoisotopic (exact) mass is 421 g/mol. The van der Waals surface area contributed by atoms with Crippen LogP contribution >= 0.6 is 0 Å². The van der Waals surface area contributed by atoms with E-state index in [2.05, 4.69) is 35.1 Å². The summed E-state index contributed by atoms with van der Waals surface area (Å²) in [6.07, 6.45) is 6.69. The van der Waals surface area contributed by atoms with E-state index in [-0.39, 0.29) is 5.75 Å². The smallest absolute Gasteiger partial charge is 0.225 e. The molecule has 0 spiro atoms. The third kappa shape index (κ3) is 5.25. The fourth-order valence-corrected chi connectivity index (χ4v) is 3.36. The predicted octanol–water partition coefficient (Wildman–Crippen LogP) is 2.70. The standard InChI is InChI=1S/C22H24FN7O/c1-24-21(29-10-12-30(13-11-29)22-26-8-3-9-27-22)28-15-17-5-6-20(19(23)14-17)31-18-4-2-7-25-16-18/h2-9,14,16H,10-13,15H2,1H3,(H,24,28). The third-order valence-corrected chi connectivity index (χ3v) is 4.94. The minimum Gasteiger partial charge on any atom is -0.453 e. The Kier molecular flexibility index (Phi) is 6.51. The van der Waals surface area contributed by atoms with Gasteiger partial charge in [0.1, 0.15) is 5.75 Å². The van der Waals surface area contributed by atoms with Gasteiger partial charge in [-0.05, 0) is 35.9 Å². The lowest BCUT2D eigenvalue weighted by Crippen LogP contribution is -2.52. The summed E-state index contributed by atoms with van der Waals surface area (Å²) in [6, 6.07) is 10.2. The summed E-state index contributed by atoms with van der Waals surface area (Å²) in [5.74, 6) is 1.77. The number of pyridine rings is 1. The Bertz CT molecular complexity index is 1010. The number of hydrogen-bond acceptors (Lipinski definition) is 6. The van der Waals surface area contributed by atoms with Gasteiger partial charge in [0.25, 0.3) is 0 Å². The number of halogens is 1. The largest absolute Gasteiger partial charge is 0.453 e. The molecule has 4 rings (SSSR count). The van der Waals surface area contributed by atoms with Crippen LogP contribution in [0.25, 0.3) is 0 Å². The normalized spacial score (nSPS) is 14.5. The van der Waals surface area contributed by atoms with Gasteiger partial charge in [0, 0.05) is 58.4 Å². The van der Waals surface area contributed by atoms with Crippen LogP contribution in [0.3, 0.4) is 0 Å². The molecule has 1 fully saturated rings. The van der Waals surface area contributed by atoms with Crippen molar-refractivity contribution in [2.45, 2.75) is 6.54 Å². The molecule has 1 aliphatic rings. The highest BCUT2D eigenvalue weighted by Crippen LogP contribution is 2.24. The van der Waals surface area contributed by atoms with Crippen LogP contribution in [-0.4, -0.2) is 59.0 Å². The van der Waals surface area contributed by atoms with E-state index in [0.717, 1.165) is 43.7 Å². The van der Waals surface area contributed by atoms with Crippen LogP contribution in [-0.2, 0) is 6.54 Å². The first-order valence-electron chi connectivity index (χ1n) is 10.1. The summed E-state index contributed by atoms with van der Waals surface area (Å²) in [6.45, 7) is 3.66. The van der Waals surface area contributed by atoms with Crippen molar-refractivity contribution in [1.29, 1.82) is 0 Å². The lowest BCUT2D eigenvalue weighted by atomic mass is 10.2. The zero-order valence-electron chi connectivity index (χ0n) is 17.3. The maximum atomic E-state index is 14.5. The van der Waals surface area contributed by atoms with E-state index < -0.39 is 5.82 Å². The van der Waals surface area contributed by atoms with Crippen LogP contribution < -0.4 is 15.0 Å². The lowest BCUT2D eigenvalue weighted by Gasteiger charge is -2.36. The highest BCUT2D eigenvalue weighted by Gasteiger charge is 2.21. The first-order valence-corrected chi connectivity index (χ1v) is 10.1. The van der Waals surface area contributed by atoms with Gasteiger partial charge in [-0.2, -0.15) is 0 Å². The van der Waals surface area contributed by atoms with Crippen molar-refractivity contribution in [1.82, 2.24) is 25.2 Å². The highest BCUT2D eigenvalue weighted by atomic mass is 19.1. The number of ether oxygens (including phenoxy) is 1. The van der Waals surface area contributed by atoms with Gasteiger partial charge in [-0.15, -0.1) is 0 Å². The highest BCUT2D eigenvalue weighted by molar-refractivity contribution is 5.80. The average Bonchev–Trinajstić information content (AvgIpc) is 2.83. The summed E-state index contributed by atoms with van der Waals surface area (Å²) in [5, 5.41) is 3.32. The van der Waals surface area contributed by atoms with Crippen molar-refractivity contribution in [3.05, 3.63) is 72.6 Å². The van der Waals surface area contributed by atoms with Gasteiger partial charge in [-0.25, -0.2) is 14.4 Å². The Morgan fingerprint density at radius 1 is 1.10 bits per heavy atom. The average molecular weight is 421 g/mol. The molecule has 2 aromatic heterocycles. The lowest BCUT2D eigenvalue weighted by molar-refractivity contribution is 0.370. The molecule has 160 valence electrons. The molecule has 0 saturated carbocycles. The second-order valence-corrected chi connectivity index (χ2v) is 6.98. The fourth-order valence-electron chi connectivity index (χ4n) is 3.36. The molecule has 0 unspecified atom stereocenters. The predicted molar refractivity (Wildman–Crippen MR) is 117 cm³/mol. The van der Waals surface area contributed by atoms with Gasteiger partial charge in [-0.1, -0.05) is 6.07 Å². The molecule has 9 heteroatoms. The number of benzene rings is 1. The van der Waals surface area contributed by atoms with E-state index in [1.807, 2.05) is 12.1 Å². The number of nitrogens with zero attached hydrogens (tertiary/aromatic N) is 6. The van der Waals surface area contributed by atoms with Gasteiger partial charge in [0.05, 0.1) is 6.20 Å². The van der Waals surface area contributed by atoms with Crippen molar-refractivity contribution in [2.75, 3.05) is 38.1 Å². The first kappa shape index (κ1) is 20.5. The zero-order valence-corrected chi connectivity index (χ0v) is 17.3. The van der Waals surface area contributed by atoms with Crippen molar-refractivity contribution in [2.24, 2.45) is 4.99 Å². The number of rotatable bonds is 5. The minimum absolute atomic E-state index is 0.167. The SMILES string of the molecule is CN=C(NCc1ccc(Oc2cccnc2)c(F)c1)N1CCN(c2ncccn2)CC1. The molecule has 1 aromatic carbocycles. The van der Waals surface area contributed by atoms with Crippen molar-refractivity contribution >= 4 is 11.9 Å². The minimum atomic E-state index is -0.422. The molecular formula is C22H24FN7O. The molecule has 1 aliphatic heterocycles. The molecule has 8 nitrogen and oxygen atoms in total. The number of guanidine groups is 1. The summed E-state index contributed by atoms with van der Waals surface area (Å²) in [7, 11) is 1.75. The van der Waals surface area contributed by atoms with Gasteiger partial charge >= 0.3 is 0 Å². The Morgan fingerprint density at radius 2 is 1.90 bits per heavy atom. The Balaban J connectivity index is 1.31. The second-order valence-electron chi connectivity index (χ2n) is 6.98. The first-order chi connectivity index (χ1) is 15.2. The van der Waals surface area contributed by atoms with E-state index >= 15 is 0 Å². The number of anilines is 1. The molecular weight excluding hydrogens is 397 g/mol. The molecule has 31 heavy (non-hydrogen) atoms. The van der Waals surface area contributed by atoms with E-state index in [1.165, 1.54) is 6.07 Å². The van der Waals surface area contributed by atoms with Gasteiger partial charge < -0.3 is 19.9 Å². The zero-order chi connectivity index (χ0) is 21.5. The summed E-state index contributed by atoms with van der Waals surface area (Å²) < 4.78 is 20.0. The second kappa shape index (κ2) is 9.84. The van der Waals surface area contributed by atoms with E-state index in [9.17, 15) is 4.39 Å². The van der Waals surface area contributed by atoms with Gasteiger partial charge in [-0.3, -0.25) is 9.98 Å². The van der Waals surface area contributed by atoms with Crippen molar-refractivity contribution < 1.29 is 9.13 Å². The Labute approximate surface area is 180 Å². The topological polar surface area (TPSA) is 78.8 Å². The van der Waals surface area contributed by atoms with Crippen molar-refractivity contribution in [3.8, 4) is 11.5 Å². The van der Waals surface area contributed by atoms with Crippen LogP contribution in [0.15, 0.2) is 66.2 Å². The maximum absolute atomic E-state index is 14.5. The molecule has 0 amide bonds. The molecule has 1 saturated heterocycles. The van der Waals surface area contributed by atoms with Crippen LogP contribution in [0.5, 0.6) is 11.5 Å². The van der Waals surface area contributed by atoms with Crippen LogP contribution in [0.2, 0.25) is 0 Å². The van der Waals surface area contributed by atoms with Crippen LogP contribution in [0, 0.1) is 5.82 Å². The third-order valence-electron chi connectivity index (χ3n) is 4.94. The van der Waals surface area contributed by atoms with Gasteiger partial charge in [0.15, 0.2) is 17.5 Å².